The molecule has 0 N–H and O–H groups in total. The molecule has 0 radical (unpaired) electrons. The summed E-state index contributed by atoms with van der Waals surface area (Å²) in [5.41, 5.74) is -0.0940. The van der Waals surface area contributed by atoms with Crippen molar-refractivity contribution in [1.29, 1.82) is 0 Å². The lowest BCUT2D eigenvalue weighted by atomic mass is 10.1. The van der Waals surface area contributed by atoms with Gasteiger partial charge in [-0.3, -0.25) is 10.1 Å². The molecule has 0 aliphatic heterocycles. The zero-order chi connectivity index (χ0) is 14.0. The van der Waals surface area contributed by atoms with Gasteiger partial charge in [-0.05, 0) is 24.6 Å². The third-order valence-corrected chi connectivity index (χ3v) is 3.32. The van der Waals surface area contributed by atoms with Crippen molar-refractivity contribution < 1.29 is 18.1 Å². The molecule has 7 heteroatoms. The molecule has 1 aromatic heterocycles. The van der Waals surface area contributed by atoms with E-state index in [1.165, 1.54) is 18.2 Å². The molecule has 0 amide bonds. The Kier molecular flexibility index (Phi) is 3.94. The van der Waals surface area contributed by atoms with Crippen LogP contribution in [0.3, 0.4) is 0 Å². The fourth-order valence-corrected chi connectivity index (χ4v) is 2.19. The number of furan rings is 1. The summed E-state index contributed by atoms with van der Waals surface area (Å²) in [7, 11) is 0. The molecule has 0 aliphatic rings. The highest BCUT2D eigenvalue weighted by atomic mass is 79.9. The van der Waals surface area contributed by atoms with Gasteiger partial charge in [0.15, 0.2) is 0 Å². The molecule has 2 rings (SSSR count). The Bertz CT molecular complexity index is 595. The molecule has 19 heavy (non-hydrogen) atoms. The molecule has 0 aliphatic carbocycles. The van der Waals surface area contributed by atoms with Crippen LogP contribution in [0.5, 0.6) is 0 Å². The summed E-state index contributed by atoms with van der Waals surface area (Å²) in [5.74, 6) is -1.49. The number of nitro groups is 1. The number of rotatable bonds is 4. The highest BCUT2D eigenvalue weighted by Gasteiger charge is 2.20. The highest BCUT2D eigenvalue weighted by molar-refractivity contribution is 9.09. The third-order valence-electron chi connectivity index (χ3n) is 2.55. The number of halogens is 3. The molecule has 1 atom stereocenters. The maximum absolute atomic E-state index is 13.5. The topological polar surface area (TPSA) is 56.3 Å². The summed E-state index contributed by atoms with van der Waals surface area (Å²) >= 11 is 3.20. The Hall–Kier alpha value is -1.76. The molecule has 4 nitrogen and oxygen atoms in total. The summed E-state index contributed by atoms with van der Waals surface area (Å²) in [6.07, 6.45) is -0.0107. The summed E-state index contributed by atoms with van der Waals surface area (Å²) in [6, 6.07) is 6.18. The molecule has 0 fully saturated rings. The van der Waals surface area contributed by atoms with Gasteiger partial charge in [0.1, 0.15) is 22.3 Å². The number of hydrogen-bond donors (Lipinski definition) is 0. The molecule has 0 spiro atoms. The average Bonchev–Trinajstić information content (AvgIpc) is 2.83. The molecule has 1 unspecified atom stereocenters. The summed E-state index contributed by atoms with van der Waals surface area (Å²) < 4.78 is 31.9. The van der Waals surface area contributed by atoms with Crippen LogP contribution >= 0.6 is 15.9 Å². The summed E-state index contributed by atoms with van der Waals surface area (Å²) in [4.78, 5) is 9.26. The maximum Gasteiger partial charge on any atom is 0.433 e. The van der Waals surface area contributed by atoms with Gasteiger partial charge in [0.2, 0.25) is 0 Å². The van der Waals surface area contributed by atoms with Crippen molar-refractivity contribution in [2.45, 2.75) is 11.2 Å². The van der Waals surface area contributed by atoms with Crippen LogP contribution in [0.25, 0.3) is 0 Å². The highest BCUT2D eigenvalue weighted by Crippen LogP contribution is 2.32. The van der Waals surface area contributed by atoms with E-state index < -0.39 is 27.3 Å². The minimum Gasteiger partial charge on any atom is -0.405 e. The second-order valence-corrected chi connectivity index (χ2v) is 4.91. The second kappa shape index (κ2) is 5.48. The molecule has 1 aromatic carbocycles. The maximum atomic E-state index is 13.5. The first-order chi connectivity index (χ1) is 8.99. The van der Waals surface area contributed by atoms with Gasteiger partial charge in [0, 0.05) is 5.56 Å². The number of nitrogens with zero attached hydrogens (tertiary/aromatic N) is 1. The number of hydrogen-bond acceptors (Lipinski definition) is 3. The van der Waals surface area contributed by atoms with E-state index in [-0.39, 0.29) is 17.7 Å². The van der Waals surface area contributed by atoms with Gasteiger partial charge in [0.25, 0.3) is 0 Å². The monoisotopic (exact) mass is 331 g/mol. The molecular weight excluding hydrogens is 324 g/mol. The molecule has 2 aromatic rings. The van der Waals surface area contributed by atoms with Crippen LogP contribution in [0.1, 0.15) is 16.2 Å². The van der Waals surface area contributed by atoms with Gasteiger partial charge in [-0.2, -0.15) is 0 Å². The fraction of sp³-hybridized carbons (Fsp3) is 0.167. The first-order valence-electron chi connectivity index (χ1n) is 5.30. The van der Waals surface area contributed by atoms with Gasteiger partial charge in [-0.15, -0.1) is 0 Å². The molecule has 0 saturated heterocycles. The largest absolute Gasteiger partial charge is 0.433 e. The first-order valence-corrected chi connectivity index (χ1v) is 6.21. The van der Waals surface area contributed by atoms with Crippen LogP contribution in [0.2, 0.25) is 0 Å². The molecule has 0 saturated carbocycles. The van der Waals surface area contributed by atoms with E-state index in [9.17, 15) is 18.9 Å². The Morgan fingerprint density at radius 3 is 2.42 bits per heavy atom. The van der Waals surface area contributed by atoms with Gasteiger partial charge >= 0.3 is 5.88 Å². The van der Waals surface area contributed by atoms with Crippen LogP contribution in [-0.4, -0.2) is 4.92 Å². The second-order valence-electron chi connectivity index (χ2n) is 3.80. The van der Waals surface area contributed by atoms with Gasteiger partial charge in [-0.25, -0.2) is 8.78 Å². The van der Waals surface area contributed by atoms with Gasteiger partial charge in [0.05, 0.1) is 10.9 Å². The standard InChI is InChI=1S/C12H8BrF2NO3/c13-8(11-4-5-12(19-11)16(17)18)6-7-9(14)2-1-3-10(7)15/h1-5,8H,6H2. The van der Waals surface area contributed by atoms with Crippen LogP contribution < -0.4 is 0 Å². The van der Waals surface area contributed by atoms with Crippen molar-refractivity contribution in [3.05, 3.63) is 63.4 Å². The quantitative estimate of drug-likeness (QED) is 0.480. The molecule has 100 valence electrons. The lowest BCUT2D eigenvalue weighted by Crippen LogP contribution is -2.00. The fourth-order valence-electron chi connectivity index (χ4n) is 1.62. The normalized spacial score (nSPS) is 12.4. The Balaban J connectivity index is 2.20. The minimum atomic E-state index is -0.674. The van der Waals surface area contributed by atoms with E-state index in [0.717, 1.165) is 12.1 Å². The predicted molar refractivity (Wildman–Crippen MR) is 67.1 cm³/mol. The van der Waals surface area contributed by atoms with Crippen molar-refractivity contribution in [3.63, 3.8) is 0 Å². The van der Waals surface area contributed by atoms with Crippen LogP contribution in [-0.2, 0) is 6.42 Å². The first kappa shape index (κ1) is 13.7. The van der Waals surface area contributed by atoms with E-state index in [1.807, 2.05) is 0 Å². The Morgan fingerprint density at radius 2 is 1.89 bits per heavy atom. The zero-order valence-electron chi connectivity index (χ0n) is 9.48. The van der Waals surface area contributed by atoms with E-state index in [0.29, 0.717) is 0 Å². The average molecular weight is 332 g/mol. The van der Waals surface area contributed by atoms with Crippen LogP contribution in [0.4, 0.5) is 14.7 Å². The molecular formula is C12H8BrF2NO3. The van der Waals surface area contributed by atoms with Crippen molar-refractivity contribution >= 4 is 21.8 Å². The summed E-state index contributed by atoms with van der Waals surface area (Å²) in [6.45, 7) is 0. The lowest BCUT2D eigenvalue weighted by Gasteiger charge is -2.08. The van der Waals surface area contributed by atoms with Crippen molar-refractivity contribution in [3.8, 4) is 0 Å². The SMILES string of the molecule is O=[N+]([O-])c1ccc(C(Br)Cc2c(F)cccc2F)o1. The molecule has 0 bridgehead atoms. The van der Waals surface area contributed by atoms with Gasteiger partial charge < -0.3 is 4.42 Å². The zero-order valence-corrected chi connectivity index (χ0v) is 11.1. The van der Waals surface area contributed by atoms with Crippen molar-refractivity contribution in [2.24, 2.45) is 0 Å². The van der Waals surface area contributed by atoms with Gasteiger partial charge in [-0.1, -0.05) is 22.0 Å². The van der Waals surface area contributed by atoms with Crippen molar-refractivity contribution in [2.75, 3.05) is 0 Å². The van der Waals surface area contributed by atoms with Crippen LogP contribution in [0, 0.1) is 21.7 Å². The minimum absolute atomic E-state index is 0.0107. The van der Waals surface area contributed by atoms with E-state index in [4.69, 9.17) is 4.42 Å². The third kappa shape index (κ3) is 2.98. The number of alkyl halides is 1. The van der Waals surface area contributed by atoms with Crippen molar-refractivity contribution in [1.82, 2.24) is 0 Å². The Labute approximate surface area is 115 Å². The lowest BCUT2D eigenvalue weighted by molar-refractivity contribution is -0.402. The molecule has 1 heterocycles. The predicted octanol–water partition coefficient (Wildman–Crippen LogP) is 4.14. The van der Waals surface area contributed by atoms with Crippen LogP contribution in [0.15, 0.2) is 34.7 Å². The van der Waals surface area contributed by atoms with E-state index in [1.54, 1.807) is 0 Å². The van der Waals surface area contributed by atoms with E-state index >= 15 is 0 Å². The summed E-state index contributed by atoms with van der Waals surface area (Å²) in [5, 5.41) is 10.5. The van der Waals surface area contributed by atoms with E-state index in [2.05, 4.69) is 15.9 Å². The number of benzene rings is 1. The Morgan fingerprint density at radius 1 is 1.26 bits per heavy atom. The smallest absolute Gasteiger partial charge is 0.405 e.